The van der Waals surface area contributed by atoms with E-state index in [0.29, 0.717) is 19.6 Å². The van der Waals surface area contributed by atoms with Crippen LogP contribution in [-0.4, -0.2) is 25.3 Å². The fourth-order valence-electron chi connectivity index (χ4n) is 1.77. The van der Waals surface area contributed by atoms with Gasteiger partial charge in [-0.1, -0.05) is 0 Å². The molecule has 0 atom stereocenters. The molecule has 0 aromatic heterocycles. The number of carbonyl (C=O) groups excluding carboxylic acids is 1. The zero-order valence-corrected chi connectivity index (χ0v) is 9.83. The molecule has 1 fully saturated rings. The zero-order chi connectivity index (χ0) is 13.0. The van der Waals surface area contributed by atoms with Crippen LogP contribution in [0.3, 0.4) is 0 Å². The van der Waals surface area contributed by atoms with Gasteiger partial charge < -0.3 is 9.47 Å². The van der Waals surface area contributed by atoms with Crippen molar-refractivity contribution in [3.8, 4) is 0 Å². The van der Waals surface area contributed by atoms with Crippen LogP contribution in [0.4, 0.5) is 8.78 Å². The van der Waals surface area contributed by atoms with Crippen LogP contribution in [0.25, 0.3) is 0 Å². The molecule has 5 heteroatoms. The minimum atomic E-state index is -1.01. The summed E-state index contributed by atoms with van der Waals surface area (Å²) in [6.07, 6.45) is 1.11. The van der Waals surface area contributed by atoms with Gasteiger partial charge in [0, 0.05) is 18.4 Å². The minimum Gasteiger partial charge on any atom is -0.353 e. The van der Waals surface area contributed by atoms with Crippen LogP contribution in [-0.2, 0) is 9.47 Å². The maximum Gasteiger partial charge on any atom is 0.163 e. The van der Waals surface area contributed by atoms with Crippen molar-refractivity contribution >= 4 is 5.78 Å². The summed E-state index contributed by atoms with van der Waals surface area (Å²) in [6.45, 7) is 1.26. The van der Waals surface area contributed by atoms with E-state index in [-0.39, 0.29) is 24.1 Å². The smallest absolute Gasteiger partial charge is 0.163 e. The number of benzene rings is 1. The fraction of sp³-hybridized carbons (Fsp3) is 0.462. The Hall–Kier alpha value is -1.33. The van der Waals surface area contributed by atoms with Crippen LogP contribution < -0.4 is 0 Å². The summed E-state index contributed by atoms with van der Waals surface area (Å²) in [5, 5.41) is 0. The maximum absolute atomic E-state index is 13.0. The summed E-state index contributed by atoms with van der Waals surface area (Å²) >= 11 is 0. The van der Waals surface area contributed by atoms with Gasteiger partial charge in [-0.05, 0) is 24.6 Å². The van der Waals surface area contributed by atoms with Crippen molar-refractivity contribution in [2.24, 2.45) is 0 Å². The Kier molecular flexibility index (Phi) is 4.38. The lowest BCUT2D eigenvalue weighted by Crippen LogP contribution is -2.25. The quantitative estimate of drug-likeness (QED) is 0.777. The van der Waals surface area contributed by atoms with E-state index >= 15 is 0 Å². The first-order valence-corrected chi connectivity index (χ1v) is 5.88. The molecule has 1 aliphatic heterocycles. The molecule has 1 aliphatic rings. The predicted octanol–water partition coefficient (Wildman–Crippen LogP) is 2.69. The standard InChI is InChI=1S/C13H14F2O3/c14-10-3-2-9(8-11(10)15)12(16)4-5-13-17-6-1-7-18-13/h2-3,8,13H,1,4-7H2. The summed E-state index contributed by atoms with van der Waals surface area (Å²) in [4.78, 5) is 11.8. The molecular weight excluding hydrogens is 242 g/mol. The molecule has 0 spiro atoms. The van der Waals surface area contributed by atoms with Crippen molar-refractivity contribution in [1.29, 1.82) is 0 Å². The number of ether oxygens (including phenoxy) is 2. The third kappa shape index (κ3) is 3.34. The molecule has 18 heavy (non-hydrogen) atoms. The first-order chi connectivity index (χ1) is 8.66. The van der Waals surface area contributed by atoms with Crippen molar-refractivity contribution in [2.75, 3.05) is 13.2 Å². The third-order valence-corrected chi connectivity index (χ3v) is 2.74. The second-order valence-corrected chi connectivity index (χ2v) is 4.12. The molecule has 1 aromatic carbocycles. The second-order valence-electron chi connectivity index (χ2n) is 4.12. The molecule has 98 valence electrons. The highest BCUT2D eigenvalue weighted by atomic mass is 19.2. The summed E-state index contributed by atoms with van der Waals surface area (Å²) in [7, 11) is 0. The van der Waals surface area contributed by atoms with Crippen molar-refractivity contribution in [3.05, 3.63) is 35.4 Å². The zero-order valence-electron chi connectivity index (χ0n) is 9.83. The largest absolute Gasteiger partial charge is 0.353 e. The van der Waals surface area contributed by atoms with Crippen LogP contribution in [0.2, 0.25) is 0 Å². The van der Waals surface area contributed by atoms with E-state index < -0.39 is 11.6 Å². The number of hydrogen-bond donors (Lipinski definition) is 0. The molecule has 0 unspecified atom stereocenters. The summed E-state index contributed by atoms with van der Waals surface area (Å²) < 4.78 is 36.3. The Morgan fingerprint density at radius 3 is 2.61 bits per heavy atom. The predicted molar refractivity (Wildman–Crippen MR) is 60.2 cm³/mol. The number of hydrogen-bond acceptors (Lipinski definition) is 3. The molecule has 2 rings (SSSR count). The van der Waals surface area contributed by atoms with Gasteiger partial charge in [-0.25, -0.2) is 8.78 Å². The summed E-state index contributed by atoms with van der Waals surface area (Å²) in [6, 6.07) is 3.15. The molecule has 0 bridgehead atoms. The molecule has 1 heterocycles. The van der Waals surface area contributed by atoms with Crippen LogP contribution in [0, 0.1) is 11.6 Å². The Morgan fingerprint density at radius 2 is 1.94 bits per heavy atom. The fourth-order valence-corrected chi connectivity index (χ4v) is 1.77. The van der Waals surface area contributed by atoms with E-state index in [4.69, 9.17) is 9.47 Å². The normalized spacial score (nSPS) is 16.8. The van der Waals surface area contributed by atoms with Crippen molar-refractivity contribution in [1.82, 2.24) is 0 Å². The minimum absolute atomic E-state index is 0.171. The number of ketones is 1. The highest BCUT2D eigenvalue weighted by Crippen LogP contribution is 2.15. The van der Waals surface area contributed by atoms with E-state index in [9.17, 15) is 13.6 Å². The molecule has 0 N–H and O–H groups in total. The molecule has 0 aliphatic carbocycles. The lowest BCUT2D eigenvalue weighted by Gasteiger charge is -2.22. The second kappa shape index (κ2) is 6.02. The van der Waals surface area contributed by atoms with Crippen molar-refractivity contribution in [2.45, 2.75) is 25.6 Å². The van der Waals surface area contributed by atoms with Crippen LogP contribution in [0.5, 0.6) is 0 Å². The van der Waals surface area contributed by atoms with Gasteiger partial charge in [-0.3, -0.25) is 4.79 Å². The van der Waals surface area contributed by atoms with Crippen molar-refractivity contribution in [3.63, 3.8) is 0 Å². The number of halogens is 2. The number of carbonyl (C=O) groups is 1. The lowest BCUT2D eigenvalue weighted by atomic mass is 10.1. The molecule has 0 amide bonds. The molecule has 1 saturated heterocycles. The van der Waals surface area contributed by atoms with Gasteiger partial charge in [0.25, 0.3) is 0 Å². The van der Waals surface area contributed by atoms with E-state index in [1.807, 2.05) is 0 Å². The average molecular weight is 256 g/mol. The Bertz CT molecular complexity index is 428. The molecular formula is C13H14F2O3. The first-order valence-electron chi connectivity index (χ1n) is 5.88. The monoisotopic (exact) mass is 256 g/mol. The van der Waals surface area contributed by atoms with E-state index in [1.54, 1.807) is 0 Å². The molecule has 1 aromatic rings. The van der Waals surface area contributed by atoms with Gasteiger partial charge in [-0.15, -0.1) is 0 Å². The Morgan fingerprint density at radius 1 is 1.22 bits per heavy atom. The highest BCUT2D eigenvalue weighted by Gasteiger charge is 2.17. The van der Waals surface area contributed by atoms with Crippen molar-refractivity contribution < 1.29 is 23.0 Å². The molecule has 3 nitrogen and oxygen atoms in total. The first kappa shape index (κ1) is 13.1. The summed E-state index contributed by atoms with van der Waals surface area (Å²) in [5.74, 6) is -2.21. The summed E-state index contributed by atoms with van der Waals surface area (Å²) in [5.41, 5.74) is 0.171. The van der Waals surface area contributed by atoms with Gasteiger partial charge in [0.1, 0.15) is 0 Å². The van der Waals surface area contributed by atoms with E-state index in [0.717, 1.165) is 18.6 Å². The third-order valence-electron chi connectivity index (χ3n) is 2.74. The SMILES string of the molecule is O=C(CCC1OCCCO1)c1ccc(F)c(F)c1. The Balaban J connectivity index is 1.88. The topological polar surface area (TPSA) is 35.5 Å². The van der Waals surface area contributed by atoms with Gasteiger partial charge in [0.2, 0.25) is 0 Å². The van der Waals surface area contributed by atoms with Gasteiger partial charge in [-0.2, -0.15) is 0 Å². The molecule has 0 saturated carbocycles. The number of rotatable bonds is 4. The van der Waals surface area contributed by atoms with E-state index in [2.05, 4.69) is 0 Å². The maximum atomic E-state index is 13.0. The van der Waals surface area contributed by atoms with Gasteiger partial charge >= 0.3 is 0 Å². The van der Waals surface area contributed by atoms with Gasteiger partial charge in [0.15, 0.2) is 23.7 Å². The Labute approximate surface area is 104 Å². The molecule has 0 radical (unpaired) electrons. The van der Waals surface area contributed by atoms with Crippen LogP contribution >= 0.6 is 0 Å². The van der Waals surface area contributed by atoms with Crippen LogP contribution in [0.1, 0.15) is 29.6 Å². The average Bonchev–Trinajstić information content (AvgIpc) is 2.40. The van der Waals surface area contributed by atoms with Gasteiger partial charge in [0.05, 0.1) is 13.2 Å². The van der Waals surface area contributed by atoms with Crippen LogP contribution in [0.15, 0.2) is 18.2 Å². The lowest BCUT2D eigenvalue weighted by molar-refractivity contribution is -0.180. The number of Topliss-reactive ketones (excluding diaryl/α,β-unsaturated/α-hetero) is 1. The van der Waals surface area contributed by atoms with E-state index in [1.165, 1.54) is 6.07 Å². The highest BCUT2D eigenvalue weighted by molar-refractivity contribution is 5.96.